The molecular weight excluding hydrogens is 642 g/mol. The van der Waals surface area contributed by atoms with Crippen LogP contribution in [0, 0.1) is 5.92 Å². The summed E-state index contributed by atoms with van der Waals surface area (Å²) in [4.78, 5) is 43.6. The van der Waals surface area contributed by atoms with Crippen LogP contribution in [0.2, 0.25) is 0 Å². The second-order valence-electron chi connectivity index (χ2n) is 12.8. The number of anilines is 3. The Morgan fingerprint density at radius 2 is 1.62 bits per heavy atom. The summed E-state index contributed by atoms with van der Waals surface area (Å²) >= 11 is 0. The highest BCUT2D eigenvalue weighted by molar-refractivity contribution is 6.02. The predicted molar refractivity (Wildman–Crippen MR) is 190 cm³/mol. The van der Waals surface area contributed by atoms with Gasteiger partial charge >= 0.3 is 12.1 Å². The molecule has 0 unspecified atom stereocenters. The number of aliphatic hydroxyl groups is 1. The molecule has 0 saturated carbocycles. The fourth-order valence-electron chi connectivity index (χ4n) is 5.82. The lowest BCUT2D eigenvalue weighted by molar-refractivity contribution is -0.0115. The molecule has 0 bridgehead atoms. The maximum Gasteiger partial charge on any atom is 0.323 e. The molecule has 3 aromatic rings. The molecule has 5 rings (SSSR count). The second-order valence-corrected chi connectivity index (χ2v) is 12.8. The van der Waals surface area contributed by atoms with E-state index in [1.807, 2.05) is 44.2 Å². The number of carbonyl (C=O) groups is 3. The summed E-state index contributed by atoms with van der Waals surface area (Å²) in [6.07, 6.45) is 1.76. The van der Waals surface area contributed by atoms with Crippen molar-refractivity contribution < 1.29 is 38.4 Å². The Kier molecular flexibility index (Phi) is 12.4. The van der Waals surface area contributed by atoms with Crippen molar-refractivity contribution in [2.75, 3.05) is 56.1 Å². The normalized spacial score (nSPS) is 20.1. The third kappa shape index (κ3) is 9.57. The smallest absolute Gasteiger partial charge is 0.323 e. The van der Waals surface area contributed by atoms with Gasteiger partial charge < -0.3 is 49.8 Å². The maximum atomic E-state index is 14.4. The molecule has 0 aromatic heterocycles. The van der Waals surface area contributed by atoms with Crippen molar-refractivity contribution in [1.29, 1.82) is 0 Å². The summed E-state index contributed by atoms with van der Waals surface area (Å²) in [5, 5.41) is 18.7. The molecule has 5 amide bonds. The molecule has 0 radical (unpaired) electrons. The van der Waals surface area contributed by atoms with E-state index in [9.17, 15) is 19.5 Å². The number of amides is 5. The van der Waals surface area contributed by atoms with Gasteiger partial charge in [0.05, 0.1) is 30.4 Å². The Morgan fingerprint density at radius 3 is 2.36 bits per heavy atom. The van der Waals surface area contributed by atoms with E-state index in [0.29, 0.717) is 40.9 Å². The van der Waals surface area contributed by atoms with Gasteiger partial charge in [-0.15, -0.1) is 0 Å². The summed E-state index contributed by atoms with van der Waals surface area (Å²) in [7, 11) is 1.71. The summed E-state index contributed by atoms with van der Waals surface area (Å²) in [6, 6.07) is 17.9. The van der Waals surface area contributed by atoms with Crippen LogP contribution in [0.1, 0.15) is 50.4 Å². The van der Waals surface area contributed by atoms with E-state index < -0.39 is 18.2 Å². The van der Waals surface area contributed by atoms with E-state index in [1.54, 1.807) is 60.2 Å². The monoisotopic (exact) mass is 689 g/mol. The van der Waals surface area contributed by atoms with Gasteiger partial charge in [-0.2, -0.15) is 0 Å². The Bertz CT molecular complexity index is 1620. The first kappa shape index (κ1) is 36.3. The van der Waals surface area contributed by atoms with Gasteiger partial charge in [0.15, 0.2) is 11.5 Å². The second kappa shape index (κ2) is 17.1. The first-order valence-corrected chi connectivity index (χ1v) is 17.0. The number of hydrogen-bond donors (Lipinski definition) is 4. The molecule has 2 aliphatic heterocycles. The number of rotatable bonds is 7. The first-order chi connectivity index (χ1) is 24.1. The van der Waals surface area contributed by atoms with Crippen molar-refractivity contribution in [3.63, 3.8) is 0 Å². The van der Waals surface area contributed by atoms with Crippen LogP contribution in [-0.2, 0) is 4.74 Å². The lowest BCUT2D eigenvalue weighted by atomic mass is 10.0. The van der Waals surface area contributed by atoms with Crippen LogP contribution >= 0.6 is 0 Å². The highest BCUT2D eigenvalue weighted by Crippen LogP contribution is 2.34. The lowest BCUT2D eigenvalue weighted by Gasteiger charge is -2.35. The summed E-state index contributed by atoms with van der Waals surface area (Å²) in [6.45, 7) is 6.55. The van der Waals surface area contributed by atoms with Crippen LogP contribution in [0.3, 0.4) is 0 Å². The molecule has 4 atom stereocenters. The summed E-state index contributed by atoms with van der Waals surface area (Å²) < 4.78 is 23.4. The minimum absolute atomic E-state index is 0.121. The van der Waals surface area contributed by atoms with Gasteiger partial charge in [-0.3, -0.25) is 4.79 Å². The Morgan fingerprint density at radius 1 is 0.920 bits per heavy atom. The zero-order valence-corrected chi connectivity index (χ0v) is 29.0. The number of ether oxygens (including phenoxy) is 4. The van der Waals surface area contributed by atoms with Crippen LogP contribution in [0.4, 0.5) is 26.7 Å². The molecule has 3 aromatic carbocycles. The molecular formula is C37H47N5O8. The van der Waals surface area contributed by atoms with Gasteiger partial charge in [-0.1, -0.05) is 25.1 Å². The van der Waals surface area contributed by atoms with Gasteiger partial charge in [0.1, 0.15) is 5.75 Å². The quantitative estimate of drug-likeness (QED) is 0.235. The van der Waals surface area contributed by atoms with Gasteiger partial charge in [0, 0.05) is 55.8 Å². The van der Waals surface area contributed by atoms with E-state index >= 15 is 0 Å². The van der Waals surface area contributed by atoms with E-state index in [2.05, 4.69) is 16.0 Å². The fraction of sp³-hybridized carbons (Fsp3) is 0.432. The minimum Gasteiger partial charge on any atom is -0.490 e. The zero-order valence-electron chi connectivity index (χ0n) is 29.0. The van der Waals surface area contributed by atoms with E-state index in [-0.39, 0.29) is 56.0 Å². The molecule has 2 aliphatic rings. The standard InChI is InChI=1S/C37H47N5O8/c1-24-20-42(25(2)22-43)35(44)30-18-28(38-36(45)39-29-14-16-32-33(19-29)49-23-48-32)13-15-31(30)50-26(3)10-8-9-17-47-34(24)21-41(4)37(46)40-27-11-6-5-7-12-27/h5-7,11-16,18-19,24-26,34,43H,8-10,17,20-23H2,1-4H3,(H,40,46)(H2,38,39,45)/t24-,25+,26+,34+/m1/s1. The van der Waals surface area contributed by atoms with Gasteiger partial charge in [-0.05, 0) is 75.6 Å². The maximum absolute atomic E-state index is 14.4. The largest absolute Gasteiger partial charge is 0.490 e. The minimum atomic E-state index is -0.547. The molecule has 4 N–H and O–H groups in total. The number of aliphatic hydroxyl groups excluding tert-OH is 1. The third-order valence-electron chi connectivity index (χ3n) is 8.77. The zero-order chi connectivity index (χ0) is 35.6. The molecule has 0 saturated heterocycles. The number of nitrogens with zero attached hydrogens (tertiary/aromatic N) is 2. The van der Waals surface area contributed by atoms with Crippen molar-refractivity contribution in [2.45, 2.75) is 58.3 Å². The SMILES string of the molecule is C[C@@H]1CN([C@@H](C)CO)C(=O)c2cc(NC(=O)Nc3ccc4c(c3)OCO4)ccc2O[C@@H](C)CCCCO[C@H]1CN(C)C(=O)Nc1ccccc1. The number of para-hydroxylation sites is 1. The van der Waals surface area contributed by atoms with Crippen LogP contribution in [0.15, 0.2) is 66.7 Å². The molecule has 0 spiro atoms. The average molecular weight is 690 g/mol. The molecule has 268 valence electrons. The molecule has 13 nitrogen and oxygen atoms in total. The molecule has 0 fully saturated rings. The molecule has 0 aliphatic carbocycles. The Labute approximate surface area is 292 Å². The van der Waals surface area contributed by atoms with Gasteiger partial charge in [0.2, 0.25) is 6.79 Å². The number of urea groups is 2. The van der Waals surface area contributed by atoms with Crippen molar-refractivity contribution in [3.05, 3.63) is 72.3 Å². The number of likely N-dealkylation sites (N-methyl/N-ethyl adjacent to an activating group) is 1. The Balaban J connectivity index is 1.36. The highest BCUT2D eigenvalue weighted by Gasteiger charge is 2.31. The molecule has 50 heavy (non-hydrogen) atoms. The first-order valence-electron chi connectivity index (χ1n) is 17.0. The number of carbonyl (C=O) groups excluding carboxylic acids is 3. The van der Waals surface area contributed by atoms with Gasteiger partial charge in [0.25, 0.3) is 5.91 Å². The van der Waals surface area contributed by atoms with E-state index in [4.69, 9.17) is 18.9 Å². The van der Waals surface area contributed by atoms with E-state index in [1.165, 1.54) is 0 Å². The Hall–Kier alpha value is -5.01. The summed E-state index contributed by atoms with van der Waals surface area (Å²) in [5.74, 6) is 0.929. The van der Waals surface area contributed by atoms with Crippen molar-refractivity contribution in [2.24, 2.45) is 5.92 Å². The highest BCUT2D eigenvalue weighted by atomic mass is 16.7. The van der Waals surface area contributed by atoms with Crippen LogP contribution in [0.5, 0.6) is 17.2 Å². The number of nitrogens with one attached hydrogen (secondary N) is 3. The summed E-state index contributed by atoms with van der Waals surface area (Å²) in [5.41, 5.74) is 1.83. The van der Waals surface area contributed by atoms with Crippen LogP contribution < -0.4 is 30.2 Å². The molecule has 13 heteroatoms. The molecule has 2 heterocycles. The predicted octanol–water partition coefficient (Wildman–Crippen LogP) is 6.02. The average Bonchev–Trinajstić information content (AvgIpc) is 3.58. The van der Waals surface area contributed by atoms with Crippen LogP contribution in [-0.4, -0.2) is 91.3 Å². The number of hydrogen-bond acceptors (Lipinski definition) is 8. The lowest BCUT2D eigenvalue weighted by Crippen LogP contribution is -2.48. The number of benzene rings is 3. The van der Waals surface area contributed by atoms with Crippen LogP contribution in [0.25, 0.3) is 0 Å². The number of fused-ring (bicyclic) bond motifs is 2. The third-order valence-corrected chi connectivity index (χ3v) is 8.77. The van der Waals surface area contributed by atoms with Crippen molar-refractivity contribution in [3.8, 4) is 17.2 Å². The topological polar surface area (TPSA) is 151 Å². The fourth-order valence-corrected chi connectivity index (χ4v) is 5.82. The van der Waals surface area contributed by atoms with E-state index in [0.717, 1.165) is 19.3 Å². The van der Waals surface area contributed by atoms with Gasteiger partial charge in [-0.25, -0.2) is 9.59 Å². The van der Waals surface area contributed by atoms with Crippen molar-refractivity contribution >= 4 is 35.0 Å². The van der Waals surface area contributed by atoms with Crippen molar-refractivity contribution in [1.82, 2.24) is 9.80 Å².